The van der Waals surface area contributed by atoms with Gasteiger partial charge >= 0.3 is 6.18 Å². The maximum Gasteiger partial charge on any atom is 0.416 e. The molecule has 1 heterocycles. The third-order valence-electron chi connectivity index (χ3n) is 4.25. The van der Waals surface area contributed by atoms with E-state index >= 15 is 0 Å². The molecule has 0 aliphatic carbocycles. The minimum absolute atomic E-state index is 0.166. The summed E-state index contributed by atoms with van der Waals surface area (Å²) < 4.78 is 38.1. The van der Waals surface area contributed by atoms with E-state index in [1.165, 1.54) is 12.1 Å². The maximum atomic E-state index is 12.7. The van der Waals surface area contributed by atoms with E-state index in [0.717, 1.165) is 38.1 Å². The summed E-state index contributed by atoms with van der Waals surface area (Å²) in [5.74, 6) is -0.291. The molecule has 128 valence electrons. The molecule has 1 aromatic rings. The number of likely N-dealkylation sites (tertiary alicyclic amines) is 1. The highest BCUT2D eigenvalue weighted by molar-refractivity contribution is 5.94. The molecular weight excluding hydrogens is 307 g/mol. The summed E-state index contributed by atoms with van der Waals surface area (Å²) in [5, 5.41) is 5.79. The van der Waals surface area contributed by atoms with Gasteiger partial charge in [0.2, 0.25) is 5.91 Å². The van der Waals surface area contributed by atoms with Gasteiger partial charge in [0.05, 0.1) is 11.6 Å². The fraction of sp³-hybridized carbons (Fsp3) is 0.562. The van der Waals surface area contributed by atoms with Gasteiger partial charge in [-0.1, -0.05) is 6.07 Å². The molecule has 0 radical (unpaired) electrons. The number of hydrogen-bond acceptors (Lipinski definition) is 3. The van der Waals surface area contributed by atoms with Crippen molar-refractivity contribution in [2.45, 2.75) is 38.0 Å². The normalized spacial score (nSPS) is 21.0. The summed E-state index contributed by atoms with van der Waals surface area (Å²) in [4.78, 5) is 14.4. The zero-order valence-corrected chi connectivity index (χ0v) is 13.3. The summed E-state index contributed by atoms with van der Waals surface area (Å²) >= 11 is 0. The Labute approximate surface area is 134 Å². The smallest absolute Gasteiger partial charge is 0.325 e. The molecule has 2 atom stereocenters. The van der Waals surface area contributed by atoms with Gasteiger partial charge < -0.3 is 10.6 Å². The average molecular weight is 329 g/mol. The molecule has 1 aromatic carbocycles. The minimum Gasteiger partial charge on any atom is -0.325 e. The quantitative estimate of drug-likeness (QED) is 0.893. The molecular formula is C16H22F3N3O. The molecule has 0 aromatic heterocycles. The van der Waals surface area contributed by atoms with Crippen LogP contribution in [0.3, 0.4) is 0 Å². The number of halogens is 3. The van der Waals surface area contributed by atoms with Crippen molar-refractivity contribution in [3.05, 3.63) is 29.8 Å². The first-order valence-electron chi connectivity index (χ1n) is 7.70. The molecule has 0 saturated carbocycles. The number of carbonyl (C=O) groups excluding carboxylic acids is 1. The minimum atomic E-state index is -4.42. The summed E-state index contributed by atoms with van der Waals surface area (Å²) in [6.45, 7) is 3.35. The predicted octanol–water partition coefficient (Wildman–Crippen LogP) is 2.72. The van der Waals surface area contributed by atoms with E-state index in [4.69, 9.17) is 0 Å². The number of nitrogens with one attached hydrogen (secondary N) is 2. The van der Waals surface area contributed by atoms with Crippen molar-refractivity contribution in [1.29, 1.82) is 0 Å². The van der Waals surface area contributed by atoms with Gasteiger partial charge in [-0.2, -0.15) is 13.2 Å². The molecule has 1 aliphatic heterocycles. The number of piperidine rings is 1. The molecule has 23 heavy (non-hydrogen) atoms. The summed E-state index contributed by atoms with van der Waals surface area (Å²) in [6, 6.07) is 4.65. The van der Waals surface area contributed by atoms with E-state index in [0.29, 0.717) is 6.04 Å². The lowest BCUT2D eigenvalue weighted by Gasteiger charge is -2.35. The monoisotopic (exact) mass is 329 g/mol. The lowest BCUT2D eigenvalue weighted by molar-refractivity contribution is -0.137. The van der Waals surface area contributed by atoms with Crippen molar-refractivity contribution in [3.63, 3.8) is 0 Å². The second kappa shape index (κ2) is 7.31. The zero-order chi connectivity index (χ0) is 17.0. The Kier molecular flexibility index (Phi) is 5.64. The highest BCUT2D eigenvalue weighted by atomic mass is 19.4. The molecule has 0 spiro atoms. The molecule has 1 aliphatic rings. The van der Waals surface area contributed by atoms with Crippen LogP contribution in [0, 0.1) is 0 Å². The molecule has 1 fully saturated rings. The van der Waals surface area contributed by atoms with Gasteiger partial charge in [-0.05, 0) is 51.6 Å². The number of carbonyl (C=O) groups is 1. The molecule has 2 unspecified atom stereocenters. The lowest BCUT2D eigenvalue weighted by Crippen LogP contribution is -2.51. The summed E-state index contributed by atoms with van der Waals surface area (Å²) in [6.07, 6.45) is -2.36. The largest absolute Gasteiger partial charge is 0.416 e. The van der Waals surface area contributed by atoms with E-state index in [1.54, 1.807) is 6.92 Å². The van der Waals surface area contributed by atoms with E-state index < -0.39 is 11.7 Å². The van der Waals surface area contributed by atoms with Gasteiger partial charge in [0.1, 0.15) is 0 Å². The number of rotatable bonds is 4. The van der Waals surface area contributed by atoms with Crippen molar-refractivity contribution in [1.82, 2.24) is 10.2 Å². The van der Waals surface area contributed by atoms with Crippen LogP contribution in [-0.2, 0) is 11.0 Å². The Morgan fingerprint density at radius 1 is 1.39 bits per heavy atom. The van der Waals surface area contributed by atoms with Crippen LogP contribution in [0.2, 0.25) is 0 Å². The van der Waals surface area contributed by atoms with Crippen molar-refractivity contribution >= 4 is 11.6 Å². The second-order valence-electron chi connectivity index (χ2n) is 5.87. The SMILES string of the molecule is CNC1CCCN(C(C)C(=O)Nc2cccc(C(F)(F)F)c2)C1. The van der Waals surface area contributed by atoms with Gasteiger partial charge in [0.25, 0.3) is 0 Å². The van der Waals surface area contributed by atoms with Crippen molar-refractivity contribution in [2.24, 2.45) is 0 Å². The molecule has 1 saturated heterocycles. The average Bonchev–Trinajstić information content (AvgIpc) is 2.53. The van der Waals surface area contributed by atoms with Crippen LogP contribution in [0.5, 0.6) is 0 Å². The zero-order valence-electron chi connectivity index (χ0n) is 13.3. The van der Waals surface area contributed by atoms with Gasteiger partial charge in [-0.25, -0.2) is 0 Å². The van der Waals surface area contributed by atoms with Crippen LogP contribution in [0.1, 0.15) is 25.3 Å². The van der Waals surface area contributed by atoms with E-state index in [1.807, 2.05) is 11.9 Å². The van der Waals surface area contributed by atoms with Gasteiger partial charge in [-0.15, -0.1) is 0 Å². The number of alkyl halides is 3. The van der Waals surface area contributed by atoms with E-state index in [2.05, 4.69) is 10.6 Å². The molecule has 4 nitrogen and oxygen atoms in total. The predicted molar refractivity (Wildman–Crippen MR) is 83.2 cm³/mol. The van der Waals surface area contributed by atoms with Crippen LogP contribution in [0.15, 0.2) is 24.3 Å². The third kappa shape index (κ3) is 4.68. The van der Waals surface area contributed by atoms with Crippen LogP contribution >= 0.6 is 0 Å². The number of amides is 1. The van der Waals surface area contributed by atoms with Crippen molar-refractivity contribution < 1.29 is 18.0 Å². The Balaban J connectivity index is 2.01. The standard InChI is InChI=1S/C16H22F3N3O/c1-11(22-8-4-7-14(10-22)20-2)15(23)21-13-6-3-5-12(9-13)16(17,18)19/h3,5-6,9,11,14,20H,4,7-8,10H2,1-2H3,(H,21,23). The number of anilines is 1. The third-order valence-corrected chi connectivity index (χ3v) is 4.25. The fourth-order valence-electron chi connectivity index (χ4n) is 2.78. The highest BCUT2D eigenvalue weighted by Gasteiger charge is 2.31. The molecule has 1 amide bonds. The van der Waals surface area contributed by atoms with Crippen LogP contribution < -0.4 is 10.6 Å². The lowest BCUT2D eigenvalue weighted by atomic mass is 10.0. The first kappa shape index (κ1) is 17.7. The fourth-order valence-corrected chi connectivity index (χ4v) is 2.78. The van der Waals surface area contributed by atoms with Crippen molar-refractivity contribution in [3.8, 4) is 0 Å². The number of nitrogens with zero attached hydrogens (tertiary/aromatic N) is 1. The number of likely N-dealkylation sites (N-methyl/N-ethyl adjacent to an activating group) is 1. The Hall–Kier alpha value is -1.60. The van der Waals surface area contributed by atoms with Crippen molar-refractivity contribution in [2.75, 3.05) is 25.5 Å². The number of benzene rings is 1. The maximum absolute atomic E-state index is 12.7. The Bertz CT molecular complexity index is 548. The topological polar surface area (TPSA) is 44.4 Å². The molecule has 7 heteroatoms. The van der Waals surface area contributed by atoms with Gasteiger partial charge in [0, 0.05) is 18.3 Å². The van der Waals surface area contributed by atoms with Crippen LogP contribution in [0.25, 0.3) is 0 Å². The first-order chi connectivity index (χ1) is 10.8. The second-order valence-corrected chi connectivity index (χ2v) is 5.87. The summed E-state index contributed by atoms with van der Waals surface area (Å²) in [7, 11) is 1.89. The highest BCUT2D eigenvalue weighted by Crippen LogP contribution is 2.30. The Morgan fingerprint density at radius 2 is 2.13 bits per heavy atom. The van der Waals surface area contributed by atoms with Crippen LogP contribution in [-0.4, -0.2) is 43.0 Å². The molecule has 2 N–H and O–H groups in total. The van der Waals surface area contributed by atoms with Crippen LogP contribution in [0.4, 0.5) is 18.9 Å². The van der Waals surface area contributed by atoms with E-state index in [9.17, 15) is 18.0 Å². The summed E-state index contributed by atoms with van der Waals surface area (Å²) in [5.41, 5.74) is -0.602. The Morgan fingerprint density at radius 3 is 2.78 bits per heavy atom. The number of hydrogen-bond donors (Lipinski definition) is 2. The van der Waals surface area contributed by atoms with Gasteiger partial charge in [-0.3, -0.25) is 9.69 Å². The molecule has 0 bridgehead atoms. The first-order valence-corrected chi connectivity index (χ1v) is 7.70. The molecule has 2 rings (SSSR count). The van der Waals surface area contributed by atoms with E-state index in [-0.39, 0.29) is 17.6 Å². The van der Waals surface area contributed by atoms with Gasteiger partial charge in [0.15, 0.2) is 0 Å².